The fraction of sp³-hybridized carbons (Fsp3) is 0.250. The number of carbonyl (C=O) groups is 1. The lowest BCUT2D eigenvalue weighted by atomic mass is 10.2. The topological polar surface area (TPSA) is 32.3 Å². The van der Waals surface area contributed by atoms with E-state index in [9.17, 15) is 4.79 Å². The SMILES string of the molecule is CN1C[C@@H](C#Cc2ccccc2)NC1=O. The molecule has 1 fully saturated rings. The standard InChI is InChI=1S/C12H12N2O/c1-14-9-11(13-12(14)15)8-7-10-5-3-2-4-6-10/h2-6,11H,9H2,1H3,(H,13,15)/t11-/m1/s1. The van der Waals surface area contributed by atoms with Gasteiger partial charge in [0.2, 0.25) is 0 Å². The molecule has 1 atom stereocenters. The van der Waals surface area contributed by atoms with Gasteiger partial charge in [-0.2, -0.15) is 0 Å². The normalized spacial score (nSPS) is 19.4. The molecule has 1 aromatic rings. The molecule has 15 heavy (non-hydrogen) atoms. The Morgan fingerprint density at radius 2 is 2.13 bits per heavy atom. The number of amides is 2. The van der Waals surface area contributed by atoms with Crippen molar-refractivity contribution in [1.82, 2.24) is 10.2 Å². The second-order valence-corrected chi connectivity index (χ2v) is 3.52. The minimum Gasteiger partial charge on any atom is -0.325 e. The van der Waals surface area contributed by atoms with E-state index in [1.54, 1.807) is 11.9 Å². The average Bonchev–Trinajstić information content (AvgIpc) is 2.57. The minimum absolute atomic E-state index is 0.0530. The molecular weight excluding hydrogens is 188 g/mol. The van der Waals surface area contributed by atoms with Crippen LogP contribution in [0.3, 0.4) is 0 Å². The van der Waals surface area contributed by atoms with Crippen LogP contribution in [0.1, 0.15) is 5.56 Å². The lowest BCUT2D eigenvalue weighted by Gasteiger charge is -2.02. The number of hydrogen-bond donors (Lipinski definition) is 1. The molecule has 3 heteroatoms. The summed E-state index contributed by atoms with van der Waals surface area (Å²) >= 11 is 0. The van der Waals surface area contributed by atoms with Crippen molar-refractivity contribution in [2.75, 3.05) is 13.6 Å². The fourth-order valence-electron chi connectivity index (χ4n) is 1.44. The third-order valence-corrected chi connectivity index (χ3v) is 2.27. The van der Waals surface area contributed by atoms with E-state index in [-0.39, 0.29) is 12.1 Å². The van der Waals surface area contributed by atoms with Crippen molar-refractivity contribution >= 4 is 6.03 Å². The van der Waals surface area contributed by atoms with E-state index in [1.807, 2.05) is 30.3 Å². The molecular formula is C12H12N2O. The molecule has 76 valence electrons. The quantitative estimate of drug-likeness (QED) is 0.624. The van der Waals surface area contributed by atoms with Gasteiger partial charge in [-0.1, -0.05) is 30.0 Å². The van der Waals surface area contributed by atoms with Crippen molar-refractivity contribution < 1.29 is 4.79 Å². The average molecular weight is 200 g/mol. The second-order valence-electron chi connectivity index (χ2n) is 3.52. The Morgan fingerprint density at radius 3 is 2.73 bits per heavy atom. The van der Waals surface area contributed by atoms with Gasteiger partial charge < -0.3 is 10.2 Å². The molecule has 1 aliphatic rings. The molecule has 2 amide bonds. The van der Waals surface area contributed by atoms with E-state index < -0.39 is 0 Å². The molecule has 0 aliphatic carbocycles. The third kappa shape index (κ3) is 2.29. The van der Waals surface area contributed by atoms with Crippen LogP contribution in [0.2, 0.25) is 0 Å². The van der Waals surface area contributed by atoms with Gasteiger partial charge in [0.1, 0.15) is 6.04 Å². The van der Waals surface area contributed by atoms with Gasteiger partial charge in [0.05, 0.1) is 6.54 Å². The van der Waals surface area contributed by atoms with Crippen molar-refractivity contribution in [3.63, 3.8) is 0 Å². The van der Waals surface area contributed by atoms with Crippen LogP contribution in [0.25, 0.3) is 0 Å². The predicted molar refractivity (Wildman–Crippen MR) is 58.3 cm³/mol. The summed E-state index contributed by atoms with van der Waals surface area (Å²) < 4.78 is 0. The zero-order valence-corrected chi connectivity index (χ0v) is 8.53. The van der Waals surface area contributed by atoms with E-state index in [1.165, 1.54) is 0 Å². The maximum atomic E-state index is 11.1. The van der Waals surface area contributed by atoms with Crippen LogP contribution >= 0.6 is 0 Å². The highest BCUT2D eigenvalue weighted by Gasteiger charge is 2.23. The Balaban J connectivity index is 2.05. The van der Waals surface area contributed by atoms with Gasteiger partial charge in [-0.05, 0) is 12.1 Å². The zero-order chi connectivity index (χ0) is 10.7. The monoisotopic (exact) mass is 200 g/mol. The number of carbonyl (C=O) groups excluding carboxylic acids is 1. The van der Waals surface area contributed by atoms with Gasteiger partial charge >= 0.3 is 6.03 Å². The molecule has 1 aromatic carbocycles. The van der Waals surface area contributed by atoms with Crippen LogP contribution in [0.5, 0.6) is 0 Å². The van der Waals surface area contributed by atoms with E-state index >= 15 is 0 Å². The van der Waals surface area contributed by atoms with Crippen LogP contribution in [-0.2, 0) is 0 Å². The first-order valence-corrected chi connectivity index (χ1v) is 4.84. The summed E-state index contributed by atoms with van der Waals surface area (Å²) in [5.41, 5.74) is 0.973. The Bertz CT molecular complexity index is 416. The summed E-state index contributed by atoms with van der Waals surface area (Å²) in [7, 11) is 1.76. The summed E-state index contributed by atoms with van der Waals surface area (Å²) in [6.07, 6.45) is 0. The number of benzene rings is 1. The lowest BCUT2D eigenvalue weighted by molar-refractivity contribution is 0.226. The van der Waals surface area contributed by atoms with E-state index in [0.29, 0.717) is 6.54 Å². The largest absolute Gasteiger partial charge is 0.325 e. The number of nitrogens with zero attached hydrogens (tertiary/aromatic N) is 1. The van der Waals surface area contributed by atoms with Gasteiger partial charge in [0, 0.05) is 12.6 Å². The van der Waals surface area contributed by atoms with Gasteiger partial charge in [0.15, 0.2) is 0 Å². The predicted octanol–water partition coefficient (Wildman–Crippen LogP) is 1.06. The fourth-order valence-corrected chi connectivity index (χ4v) is 1.44. The number of likely N-dealkylation sites (N-methyl/N-ethyl adjacent to an activating group) is 1. The van der Waals surface area contributed by atoms with Crippen LogP contribution in [-0.4, -0.2) is 30.6 Å². The minimum atomic E-state index is -0.0534. The van der Waals surface area contributed by atoms with Crippen LogP contribution in [0, 0.1) is 11.8 Å². The number of nitrogens with one attached hydrogen (secondary N) is 1. The highest BCUT2D eigenvalue weighted by molar-refractivity contribution is 5.77. The van der Waals surface area contributed by atoms with Gasteiger partial charge in [-0.25, -0.2) is 4.79 Å². The van der Waals surface area contributed by atoms with Crippen molar-refractivity contribution in [3.8, 4) is 11.8 Å². The second kappa shape index (κ2) is 4.05. The first kappa shape index (κ1) is 9.60. The van der Waals surface area contributed by atoms with Crippen molar-refractivity contribution in [2.45, 2.75) is 6.04 Å². The Hall–Kier alpha value is -1.95. The van der Waals surface area contributed by atoms with E-state index in [0.717, 1.165) is 5.56 Å². The van der Waals surface area contributed by atoms with Crippen molar-refractivity contribution in [1.29, 1.82) is 0 Å². The molecule has 2 rings (SSSR count). The third-order valence-electron chi connectivity index (χ3n) is 2.27. The molecule has 1 aliphatic heterocycles. The molecule has 3 nitrogen and oxygen atoms in total. The lowest BCUT2D eigenvalue weighted by Crippen LogP contribution is -2.25. The number of urea groups is 1. The molecule has 0 bridgehead atoms. The highest BCUT2D eigenvalue weighted by Crippen LogP contribution is 2.00. The Kier molecular flexibility index (Phi) is 2.59. The summed E-state index contributed by atoms with van der Waals surface area (Å²) in [5, 5.41) is 2.79. The molecule has 0 radical (unpaired) electrons. The van der Waals surface area contributed by atoms with Gasteiger partial charge in [-0.3, -0.25) is 0 Å². The zero-order valence-electron chi connectivity index (χ0n) is 8.53. The molecule has 0 aromatic heterocycles. The Morgan fingerprint density at radius 1 is 1.40 bits per heavy atom. The summed E-state index contributed by atoms with van der Waals surface area (Å²) in [6.45, 7) is 0.651. The molecule has 1 heterocycles. The van der Waals surface area contributed by atoms with Gasteiger partial charge in [0.25, 0.3) is 0 Å². The number of rotatable bonds is 0. The smallest absolute Gasteiger partial charge is 0.318 e. The molecule has 1 saturated heterocycles. The Labute approximate surface area is 89.1 Å². The molecule has 1 N–H and O–H groups in total. The highest BCUT2D eigenvalue weighted by atomic mass is 16.2. The summed E-state index contributed by atoms with van der Waals surface area (Å²) in [4.78, 5) is 12.8. The van der Waals surface area contributed by atoms with Crippen molar-refractivity contribution in [2.24, 2.45) is 0 Å². The van der Waals surface area contributed by atoms with E-state index in [4.69, 9.17) is 0 Å². The van der Waals surface area contributed by atoms with Crippen LogP contribution in [0.4, 0.5) is 4.79 Å². The first-order chi connectivity index (χ1) is 7.25. The number of hydrogen-bond acceptors (Lipinski definition) is 1. The van der Waals surface area contributed by atoms with Crippen LogP contribution in [0.15, 0.2) is 30.3 Å². The summed E-state index contributed by atoms with van der Waals surface area (Å²) in [6, 6.07) is 9.65. The maximum Gasteiger partial charge on any atom is 0.318 e. The van der Waals surface area contributed by atoms with Gasteiger partial charge in [-0.15, -0.1) is 0 Å². The molecule has 0 unspecified atom stereocenters. The molecule has 0 saturated carbocycles. The van der Waals surface area contributed by atoms with E-state index in [2.05, 4.69) is 17.2 Å². The van der Waals surface area contributed by atoms with Crippen LogP contribution < -0.4 is 5.32 Å². The first-order valence-electron chi connectivity index (χ1n) is 4.84. The molecule has 0 spiro atoms. The van der Waals surface area contributed by atoms with Crippen molar-refractivity contribution in [3.05, 3.63) is 35.9 Å². The maximum absolute atomic E-state index is 11.1. The summed E-state index contributed by atoms with van der Waals surface area (Å²) in [5.74, 6) is 6.07.